The summed E-state index contributed by atoms with van der Waals surface area (Å²) < 4.78 is 11.1. The Morgan fingerprint density at radius 3 is 3.05 bits per heavy atom. The van der Waals surface area contributed by atoms with E-state index in [1.807, 2.05) is 18.2 Å². The SMILES string of the molecule is Oc1ccccc1CNCCCOCC1CCCO1. The predicted octanol–water partition coefficient (Wildman–Crippen LogP) is 2.07. The van der Waals surface area contributed by atoms with Gasteiger partial charge in [0.05, 0.1) is 12.7 Å². The van der Waals surface area contributed by atoms with Gasteiger partial charge >= 0.3 is 0 Å². The molecule has 0 saturated carbocycles. The van der Waals surface area contributed by atoms with Crippen LogP contribution in [0.1, 0.15) is 24.8 Å². The molecule has 1 saturated heterocycles. The molecule has 1 aliphatic heterocycles. The standard InChI is InChI=1S/C15H23NO3/c17-15-7-2-1-5-13(15)11-16-8-4-9-18-12-14-6-3-10-19-14/h1-2,5,7,14,16-17H,3-4,6,8-12H2. The number of aromatic hydroxyl groups is 1. The third-order valence-electron chi connectivity index (χ3n) is 3.28. The Morgan fingerprint density at radius 2 is 2.26 bits per heavy atom. The summed E-state index contributed by atoms with van der Waals surface area (Å²) in [6.45, 7) is 3.95. The molecule has 2 rings (SSSR count). The minimum atomic E-state index is 0.314. The van der Waals surface area contributed by atoms with E-state index in [4.69, 9.17) is 9.47 Å². The summed E-state index contributed by atoms with van der Waals surface area (Å²) in [5.41, 5.74) is 0.933. The van der Waals surface area contributed by atoms with E-state index in [1.165, 1.54) is 0 Å². The molecule has 1 atom stereocenters. The number of nitrogens with one attached hydrogen (secondary N) is 1. The highest BCUT2D eigenvalue weighted by Gasteiger charge is 2.14. The third kappa shape index (κ3) is 5.19. The molecule has 4 heteroatoms. The van der Waals surface area contributed by atoms with Crippen LogP contribution in [0.2, 0.25) is 0 Å². The first-order valence-corrected chi connectivity index (χ1v) is 7.03. The van der Waals surface area contributed by atoms with Crippen molar-refractivity contribution in [3.63, 3.8) is 0 Å². The predicted molar refractivity (Wildman–Crippen MR) is 74.2 cm³/mol. The van der Waals surface area contributed by atoms with Gasteiger partial charge in [-0.1, -0.05) is 18.2 Å². The van der Waals surface area contributed by atoms with Gasteiger partial charge in [-0.05, 0) is 31.9 Å². The Kier molecular flexibility index (Phi) is 6.14. The Balaban J connectivity index is 1.47. The van der Waals surface area contributed by atoms with Crippen molar-refractivity contribution >= 4 is 0 Å². The highest BCUT2D eigenvalue weighted by Crippen LogP contribution is 2.14. The van der Waals surface area contributed by atoms with Crippen LogP contribution >= 0.6 is 0 Å². The zero-order valence-electron chi connectivity index (χ0n) is 11.3. The van der Waals surface area contributed by atoms with Crippen molar-refractivity contribution in [2.75, 3.05) is 26.4 Å². The first kappa shape index (κ1) is 14.3. The second kappa shape index (κ2) is 8.15. The molecule has 19 heavy (non-hydrogen) atoms. The number of phenols is 1. The van der Waals surface area contributed by atoms with E-state index in [0.29, 0.717) is 18.4 Å². The van der Waals surface area contributed by atoms with E-state index >= 15 is 0 Å². The summed E-state index contributed by atoms with van der Waals surface area (Å²) in [5, 5.41) is 12.9. The fraction of sp³-hybridized carbons (Fsp3) is 0.600. The molecule has 0 spiro atoms. The number of phenolic OH excluding ortho intramolecular Hbond substituents is 1. The summed E-state index contributed by atoms with van der Waals surface area (Å²) >= 11 is 0. The molecule has 0 amide bonds. The van der Waals surface area contributed by atoms with E-state index in [2.05, 4.69) is 5.32 Å². The highest BCUT2D eigenvalue weighted by molar-refractivity contribution is 5.31. The van der Waals surface area contributed by atoms with Gasteiger partial charge in [-0.2, -0.15) is 0 Å². The summed E-state index contributed by atoms with van der Waals surface area (Å²) in [4.78, 5) is 0. The van der Waals surface area contributed by atoms with Crippen LogP contribution in [0.25, 0.3) is 0 Å². The van der Waals surface area contributed by atoms with Crippen molar-refractivity contribution in [1.29, 1.82) is 0 Å². The number of rotatable bonds is 8. The maximum absolute atomic E-state index is 9.59. The van der Waals surface area contributed by atoms with Gasteiger partial charge in [0.25, 0.3) is 0 Å². The van der Waals surface area contributed by atoms with E-state index < -0.39 is 0 Å². The van der Waals surface area contributed by atoms with Crippen LogP contribution in [-0.2, 0) is 16.0 Å². The van der Waals surface area contributed by atoms with Gasteiger partial charge in [0.1, 0.15) is 5.75 Å². The second-order valence-electron chi connectivity index (χ2n) is 4.87. The van der Waals surface area contributed by atoms with Gasteiger partial charge in [0.15, 0.2) is 0 Å². The number of para-hydroxylation sites is 1. The van der Waals surface area contributed by atoms with Gasteiger partial charge in [0.2, 0.25) is 0 Å². The largest absolute Gasteiger partial charge is 0.508 e. The fourth-order valence-corrected chi connectivity index (χ4v) is 2.17. The fourth-order valence-electron chi connectivity index (χ4n) is 2.17. The van der Waals surface area contributed by atoms with Crippen molar-refractivity contribution in [3.8, 4) is 5.75 Å². The maximum Gasteiger partial charge on any atom is 0.120 e. The highest BCUT2D eigenvalue weighted by atomic mass is 16.5. The van der Waals surface area contributed by atoms with E-state index in [-0.39, 0.29) is 0 Å². The van der Waals surface area contributed by atoms with Crippen LogP contribution in [-0.4, -0.2) is 37.6 Å². The molecule has 1 heterocycles. The normalized spacial score (nSPS) is 18.8. The molecule has 2 N–H and O–H groups in total. The van der Waals surface area contributed by atoms with Crippen molar-refractivity contribution in [2.45, 2.75) is 31.9 Å². The summed E-state index contributed by atoms with van der Waals surface area (Å²) in [7, 11) is 0. The molecule has 0 aromatic heterocycles. The minimum Gasteiger partial charge on any atom is -0.508 e. The van der Waals surface area contributed by atoms with Crippen molar-refractivity contribution < 1.29 is 14.6 Å². The van der Waals surface area contributed by atoms with Crippen LogP contribution < -0.4 is 5.32 Å². The Hall–Kier alpha value is -1.10. The molecule has 4 nitrogen and oxygen atoms in total. The average Bonchev–Trinajstić information content (AvgIpc) is 2.93. The van der Waals surface area contributed by atoms with Crippen LogP contribution in [0.3, 0.4) is 0 Å². The van der Waals surface area contributed by atoms with Crippen molar-refractivity contribution in [2.24, 2.45) is 0 Å². The first-order chi connectivity index (χ1) is 9.36. The molecule has 1 aromatic carbocycles. The second-order valence-corrected chi connectivity index (χ2v) is 4.87. The molecular formula is C15H23NO3. The molecule has 0 radical (unpaired) electrons. The molecule has 1 fully saturated rings. The van der Waals surface area contributed by atoms with Crippen LogP contribution in [0.4, 0.5) is 0 Å². The number of benzene rings is 1. The van der Waals surface area contributed by atoms with E-state index in [1.54, 1.807) is 6.07 Å². The van der Waals surface area contributed by atoms with E-state index in [9.17, 15) is 5.11 Å². The van der Waals surface area contributed by atoms with Crippen LogP contribution in [0.5, 0.6) is 5.75 Å². The average molecular weight is 265 g/mol. The lowest BCUT2D eigenvalue weighted by Gasteiger charge is -2.10. The summed E-state index contributed by atoms with van der Waals surface area (Å²) in [5.74, 6) is 0.352. The molecule has 1 unspecified atom stereocenters. The number of hydrogen-bond donors (Lipinski definition) is 2. The summed E-state index contributed by atoms with van der Waals surface area (Å²) in [6, 6.07) is 7.40. The smallest absolute Gasteiger partial charge is 0.120 e. The first-order valence-electron chi connectivity index (χ1n) is 7.03. The zero-order chi connectivity index (χ0) is 13.3. The molecule has 106 valence electrons. The molecular weight excluding hydrogens is 242 g/mol. The molecule has 0 bridgehead atoms. The van der Waals surface area contributed by atoms with Gasteiger partial charge < -0.3 is 19.9 Å². The van der Waals surface area contributed by atoms with Gasteiger partial charge in [-0.3, -0.25) is 0 Å². The monoisotopic (exact) mass is 265 g/mol. The minimum absolute atomic E-state index is 0.314. The quantitative estimate of drug-likeness (QED) is 0.707. The van der Waals surface area contributed by atoms with Crippen LogP contribution in [0.15, 0.2) is 24.3 Å². The van der Waals surface area contributed by atoms with Gasteiger partial charge in [-0.25, -0.2) is 0 Å². The lowest BCUT2D eigenvalue weighted by atomic mass is 10.2. The number of hydrogen-bond acceptors (Lipinski definition) is 4. The maximum atomic E-state index is 9.59. The number of ether oxygens (including phenoxy) is 2. The molecule has 0 aliphatic carbocycles. The third-order valence-corrected chi connectivity index (χ3v) is 3.28. The van der Waals surface area contributed by atoms with Gasteiger partial charge in [-0.15, -0.1) is 0 Å². The Bertz CT molecular complexity index is 364. The molecule has 1 aliphatic rings. The Morgan fingerprint density at radius 1 is 1.37 bits per heavy atom. The molecule has 1 aromatic rings. The lowest BCUT2D eigenvalue weighted by Crippen LogP contribution is -2.19. The zero-order valence-corrected chi connectivity index (χ0v) is 11.3. The topological polar surface area (TPSA) is 50.7 Å². The van der Waals surface area contributed by atoms with Gasteiger partial charge in [0, 0.05) is 25.3 Å². The lowest BCUT2D eigenvalue weighted by molar-refractivity contribution is 0.0166. The van der Waals surface area contributed by atoms with Crippen molar-refractivity contribution in [3.05, 3.63) is 29.8 Å². The van der Waals surface area contributed by atoms with Crippen molar-refractivity contribution in [1.82, 2.24) is 5.32 Å². The Labute approximate surface area is 114 Å². The van der Waals surface area contributed by atoms with E-state index in [0.717, 1.165) is 51.2 Å². The van der Waals surface area contributed by atoms with Crippen LogP contribution in [0, 0.1) is 0 Å². The summed E-state index contributed by atoms with van der Waals surface area (Å²) in [6.07, 6.45) is 3.58.